The van der Waals surface area contributed by atoms with Crippen molar-refractivity contribution in [1.29, 1.82) is 0 Å². The fraction of sp³-hybridized carbons (Fsp3) is 0.562. The Morgan fingerprint density at radius 3 is 2.68 bits per heavy atom. The molecule has 0 bridgehead atoms. The average Bonchev–Trinajstić information content (AvgIpc) is 2.56. The number of fused-ring (bicyclic) bond motifs is 1. The van der Waals surface area contributed by atoms with E-state index in [9.17, 15) is 4.79 Å². The van der Waals surface area contributed by atoms with Gasteiger partial charge in [-0.3, -0.25) is 4.90 Å². The largest absolute Gasteiger partial charge is 0.486 e. The second-order valence-electron chi connectivity index (χ2n) is 5.48. The van der Waals surface area contributed by atoms with Gasteiger partial charge in [-0.1, -0.05) is 12.1 Å². The van der Waals surface area contributed by atoms with Crippen LogP contribution in [0.3, 0.4) is 0 Å². The predicted octanol–water partition coefficient (Wildman–Crippen LogP) is 1.60. The third-order valence-corrected chi connectivity index (χ3v) is 3.93. The second-order valence-corrected chi connectivity index (χ2v) is 5.48. The first kappa shape index (κ1) is 15.0. The van der Waals surface area contributed by atoms with Gasteiger partial charge in [-0.25, -0.2) is 4.79 Å². The van der Waals surface area contributed by atoms with Crippen LogP contribution < -0.4 is 9.47 Å². The number of hydrogen-bond acceptors (Lipinski definition) is 5. The molecular formula is C16H22N2O4. The lowest BCUT2D eigenvalue weighted by Gasteiger charge is -2.36. The minimum absolute atomic E-state index is 0.0315. The molecule has 0 aromatic heterocycles. The van der Waals surface area contributed by atoms with Gasteiger partial charge in [-0.2, -0.15) is 0 Å². The zero-order valence-electron chi connectivity index (χ0n) is 12.9. The number of carbonyl (C=O) groups is 1. The van der Waals surface area contributed by atoms with Crippen LogP contribution in [0.1, 0.15) is 6.92 Å². The van der Waals surface area contributed by atoms with Crippen LogP contribution in [-0.4, -0.2) is 67.9 Å². The Kier molecular flexibility index (Phi) is 4.68. The molecular weight excluding hydrogens is 284 g/mol. The van der Waals surface area contributed by atoms with Gasteiger partial charge in [0.2, 0.25) is 0 Å². The first-order valence-electron chi connectivity index (χ1n) is 7.79. The third-order valence-electron chi connectivity index (χ3n) is 3.93. The summed E-state index contributed by atoms with van der Waals surface area (Å²) in [6, 6.07) is 7.74. The highest BCUT2D eigenvalue weighted by atomic mass is 16.6. The van der Waals surface area contributed by atoms with Crippen LogP contribution in [0.25, 0.3) is 0 Å². The van der Waals surface area contributed by atoms with Crippen molar-refractivity contribution in [2.45, 2.75) is 13.0 Å². The monoisotopic (exact) mass is 306 g/mol. The van der Waals surface area contributed by atoms with E-state index < -0.39 is 0 Å². The number of nitrogens with zero attached hydrogens (tertiary/aromatic N) is 2. The standard InChI is InChI=1S/C16H22N2O4/c1-2-20-16(19)18-9-7-17(8-10-18)11-13-12-21-14-5-3-4-6-15(14)22-13/h3-6,13H,2,7-12H2,1H3/t13-/m0/s1. The van der Waals surface area contributed by atoms with Crippen LogP contribution in [0, 0.1) is 0 Å². The number of ether oxygens (including phenoxy) is 3. The molecule has 1 atom stereocenters. The van der Waals surface area contributed by atoms with Gasteiger partial charge < -0.3 is 19.1 Å². The summed E-state index contributed by atoms with van der Waals surface area (Å²) < 4.78 is 16.7. The molecule has 1 aromatic carbocycles. The lowest BCUT2D eigenvalue weighted by molar-refractivity contribution is 0.0364. The molecule has 1 amide bonds. The molecule has 2 aliphatic rings. The lowest BCUT2D eigenvalue weighted by atomic mass is 10.2. The Morgan fingerprint density at radius 2 is 1.95 bits per heavy atom. The molecule has 2 heterocycles. The van der Waals surface area contributed by atoms with Crippen LogP contribution in [0.2, 0.25) is 0 Å². The van der Waals surface area contributed by atoms with Crippen molar-refractivity contribution in [2.24, 2.45) is 0 Å². The van der Waals surface area contributed by atoms with E-state index >= 15 is 0 Å². The lowest BCUT2D eigenvalue weighted by Crippen LogP contribution is -2.52. The fourth-order valence-corrected chi connectivity index (χ4v) is 2.77. The van der Waals surface area contributed by atoms with Crippen LogP contribution >= 0.6 is 0 Å². The van der Waals surface area contributed by atoms with Gasteiger partial charge in [0.1, 0.15) is 12.7 Å². The summed E-state index contributed by atoms with van der Waals surface area (Å²) in [6.45, 7) is 6.69. The molecule has 0 aliphatic carbocycles. The summed E-state index contributed by atoms with van der Waals surface area (Å²) in [6.07, 6.45) is -0.183. The van der Waals surface area contributed by atoms with E-state index in [-0.39, 0.29) is 12.2 Å². The maximum Gasteiger partial charge on any atom is 0.409 e. The minimum Gasteiger partial charge on any atom is -0.486 e. The number of rotatable bonds is 3. The first-order chi connectivity index (χ1) is 10.8. The first-order valence-corrected chi connectivity index (χ1v) is 7.79. The van der Waals surface area contributed by atoms with E-state index in [0.29, 0.717) is 26.3 Å². The van der Waals surface area contributed by atoms with Gasteiger partial charge >= 0.3 is 6.09 Å². The molecule has 22 heavy (non-hydrogen) atoms. The smallest absolute Gasteiger partial charge is 0.409 e. The van der Waals surface area contributed by atoms with Gasteiger partial charge in [0.25, 0.3) is 0 Å². The van der Waals surface area contributed by atoms with Gasteiger partial charge in [0.15, 0.2) is 11.5 Å². The van der Waals surface area contributed by atoms with Crippen molar-refractivity contribution in [1.82, 2.24) is 9.80 Å². The Hall–Kier alpha value is -1.95. The van der Waals surface area contributed by atoms with Gasteiger partial charge in [-0.05, 0) is 19.1 Å². The molecule has 6 nitrogen and oxygen atoms in total. The fourth-order valence-electron chi connectivity index (χ4n) is 2.77. The zero-order chi connectivity index (χ0) is 15.4. The molecule has 120 valence electrons. The number of carbonyl (C=O) groups excluding carboxylic acids is 1. The molecule has 1 saturated heterocycles. The quantitative estimate of drug-likeness (QED) is 0.849. The van der Waals surface area contributed by atoms with Gasteiger partial charge in [0, 0.05) is 32.7 Å². The molecule has 0 unspecified atom stereocenters. The highest BCUT2D eigenvalue weighted by Crippen LogP contribution is 2.31. The topological polar surface area (TPSA) is 51.2 Å². The Balaban J connectivity index is 1.47. The van der Waals surface area contributed by atoms with Crippen molar-refractivity contribution in [3.8, 4) is 11.5 Å². The normalized spacial score (nSPS) is 21.5. The van der Waals surface area contributed by atoms with Gasteiger partial charge in [0.05, 0.1) is 6.61 Å². The third kappa shape index (κ3) is 3.44. The molecule has 0 N–H and O–H groups in total. The van der Waals surface area contributed by atoms with Crippen molar-refractivity contribution in [2.75, 3.05) is 45.9 Å². The SMILES string of the molecule is CCOC(=O)N1CCN(C[C@H]2COc3ccccc3O2)CC1. The van der Waals surface area contributed by atoms with Crippen LogP contribution in [0.5, 0.6) is 11.5 Å². The molecule has 1 aromatic rings. The Morgan fingerprint density at radius 1 is 1.23 bits per heavy atom. The number of hydrogen-bond donors (Lipinski definition) is 0. The minimum atomic E-state index is -0.215. The summed E-state index contributed by atoms with van der Waals surface area (Å²) in [5, 5.41) is 0. The molecule has 0 radical (unpaired) electrons. The van der Waals surface area contributed by atoms with E-state index in [1.807, 2.05) is 31.2 Å². The molecule has 3 rings (SSSR count). The number of benzene rings is 1. The molecule has 1 fully saturated rings. The highest BCUT2D eigenvalue weighted by Gasteiger charge is 2.27. The van der Waals surface area contributed by atoms with E-state index in [4.69, 9.17) is 14.2 Å². The summed E-state index contributed by atoms with van der Waals surface area (Å²) >= 11 is 0. The van der Waals surface area contributed by atoms with E-state index in [0.717, 1.165) is 31.1 Å². The summed E-state index contributed by atoms with van der Waals surface area (Å²) in [5.74, 6) is 1.62. The Labute approximate surface area is 130 Å². The predicted molar refractivity (Wildman–Crippen MR) is 81.4 cm³/mol. The Bertz CT molecular complexity index is 515. The van der Waals surface area contributed by atoms with Crippen LogP contribution in [0.4, 0.5) is 4.79 Å². The maximum atomic E-state index is 11.7. The molecule has 6 heteroatoms. The molecule has 0 spiro atoms. The second kappa shape index (κ2) is 6.87. The summed E-state index contributed by atoms with van der Waals surface area (Å²) in [5.41, 5.74) is 0. The number of amides is 1. The van der Waals surface area contributed by atoms with Crippen molar-refractivity contribution >= 4 is 6.09 Å². The summed E-state index contributed by atoms with van der Waals surface area (Å²) in [7, 11) is 0. The van der Waals surface area contributed by atoms with Crippen LogP contribution in [-0.2, 0) is 4.74 Å². The zero-order valence-corrected chi connectivity index (χ0v) is 12.9. The summed E-state index contributed by atoms with van der Waals surface area (Å²) in [4.78, 5) is 15.7. The van der Waals surface area contributed by atoms with Gasteiger partial charge in [-0.15, -0.1) is 0 Å². The van der Waals surface area contributed by atoms with E-state index in [1.54, 1.807) is 4.90 Å². The number of piperazine rings is 1. The maximum absolute atomic E-state index is 11.7. The van der Waals surface area contributed by atoms with Crippen molar-refractivity contribution in [3.05, 3.63) is 24.3 Å². The average molecular weight is 306 g/mol. The highest BCUT2D eigenvalue weighted by molar-refractivity contribution is 5.67. The van der Waals surface area contributed by atoms with Crippen molar-refractivity contribution in [3.63, 3.8) is 0 Å². The van der Waals surface area contributed by atoms with Crippen molar-refractivity contribution < 1.29 is 19.0 Å². The molecule has 0 saturated carbocycles. The van der Waals surface area contributed by atoms with E-state index in [1.165, 1.54) is 0 Å². The number of para-hydroxylation sites is 2. The van der Waals surface area contributed by atoms with E-state index in [2.05, 4.69) is 4.90 Å². The molecule has 2 aliphatic heterocycles. The van der Waals surface area contributed by atoms with Crippen LogP contribution in [0.15, 0.2) is 24.3 Å².